The number of rotatable bonds is 2. The second-order valence-electron chi connectivity index (χ2n) is 4.15. The highest BCUT2D eigenvalue weighted by Gasteiger charge is 2.49. The van der Waals surface area contributed by atoms with Crippen LogP contribution in [0, 0.1) is 16.7 Å². The van der Waals surface area contributed by atoms with E-state index in [-0.39, 0.29) is 17.9 Å². The number of aliphatic hydroxyl groups is 1. The molecule has 1 aromatic heterocycles. The maximum absolute atomic E-state index is 11.5. The molecule has 1 saturated heterocycles. The van der Waals surface area contributed by atoms with Gasteiger partial charge in [-0.3, -0.25) is 0 Å². The first-order valence-corrected chi connectivity index (χ1v) is 8.42. The second kappa shape index (κ2) is 4.35. The Hall–Kier alpha value is -0.420. The van der Waals surface area contributed by atoms with Gasteiger partial charge in [0.1, 0.15) is 11.5 Å². The van der Waals surface area contributed by atoms with E-state index in [9.17, 15) is 18.8 Å². The first-order valence-electron chi connectivity index (χ1n) is 4.93. The number of sulfone groups is 1. The summed E-state index contributed by atoms with van der Waals surface area (Å²) >= 11 is 4.60. The molecule has 1 N–H and O–H groups in total. The minimum absolute atomic E-state index is 0.0272. The van der Waals surface area contributed by atoms with Gasteiger partial charge in [0, 0.05) is 9.35 Å². The Morgan fingerprint density at radius 2 is 2.35 bits per heavy atom. The highest BCUT2D eigenvalue weighted by molar-refractivity contribution is 9.10. The smallest absolute Gasteiger partial charge is 0.152 e. The zero-order valence-electron chi connectivity index (χ0n) is 8.76. The molecule has 0 saturated carbocycles. The molecule has 92 valence electrons. The van der Waals surface area contributed by atoms with Gasteiger partial charge in [-0.15, -0.1) is 11.3 Å². The van der Waals surface area contributed by atoms with Crippen molar-refractivity contribution >= 4 is 37.1 Å². The van der Waals surface area contributed by atoms with E-state index in [1.54, 1.807) is 11.4 Å². The molecule has 2 rings (SSSR count). The fourth-order valence-electron chi connectivity index (χ4n) is 1.99. The third kappa shape index (κ3) is 2.27. The van der Waals surface area contributed by atoms with Crippen molar-refractivity contribution in [3.63, 3.8) is 0 Å². The van der Waals surface area contributed by atoms with Crippen LogP contribution in [-0.4, -0.2) is 25.0 Å². The Kier molecular flexibility index (Phi) is 3.34. The molecule has 1 aliphatic rings. The molecule has 4 nitrogen and oxygen atoms in total. The van der Waals surface area contributed by atoms with E-state index in [1.165, 1.54) is 11.3 Å². The van der Waals surface area contributed by atoms with Crippen molar-refractivity contribution in [2.45, 2.75) is 12.5 Å². The minimum atomic E-state index is -3.21. The first kappa shape index (κ1) is 13.0. The van der Waals surface area contributed by atoms with Crippen LogP contribution in [0.2, 0.25) is 0 Å². The molecule has 1 fully saturated rings. The van der Waals surface area contributed by atoms with Crippen LogP contribution in [0.1, 0.15) is 17.4 Å². The summed E-state index contributed by atoms with van der Waals surface area (Å²) in [7, 11) is -3.21. The van der Waals surface area contributed by atoms with Crippen molar-refractivity contribution in [1.29, 1.82) is 5.26 Å². The number of hydrogen-bond acceptors (Lipinski definition) is 5. The molecule has 2 unspecified atom stereocenters. The van der Waals surface area contributed by atoms with Gasteiger partial charge >= 0.3 is 0 Å². The molecule has 1 aromatic rings. The van der Waals surface area contributed by atoms with Gasteiger partial charge in [0.15, 0.2) is 9.84 Å². The molecule has 1 aliphatic heterocycles. The normalized spacial score (nSPS) is 28.8. The molecule has 2 heterocycles. The van der Waals surface area contributed by atoms with Crippen molar-refractivity contribution in [1.82, 2.24) is 0 Å². The maximum atomic E-state index is 11.5. The lowest BCUT2D eigenvalue weighted by molar-refractivity contribution is 0.0820. The SMILES string of the molecule is N#CC1(C(O)c2sccc2Br)CCS(=O)(=O)C1. The van der Waals surface area contributed by atoms with Crippen LogP contribution in [-0.2, 0) is 9.84 Å². The molecule has 0 radical (unpaired) electrons. The zero-order chi connectivity index (χ0) is 12.7. The highest BCUT2D eigenvalue weighted by Crippen LogP contribution is 2.46. The van der Waals surface area contributed by atoms with Crippen molar-refractivity contribution in [2.24, 2.45) is 5.41 Å². The van der Waals surface area contributed by atoms with Crippen molar-refractivity contribution < 1.29 is 13.5 Å². The number of thiophene rings is 1. The summed E-state index contributed by atoms with van der Waals surface area (Å²) in [5.74, 6) is -0.289. The summed E-state index contributed by atoms with van der Waals surface area (Å²) < 4.78 is 23.7. The first-order chi connectivity index (χ1) is 7.90. The fraction of sp³-hybridized carbons (Fsp3) is 0.500. The predicted octanol–water partition coefficient (Wildman–Crippen LogP) is 1.87. The minimum Gasteiger partial charge on any atom is -0.386 e. The average molecular weight is 336 g/mol. The number of nitrogens with zero attached hydrogens (tertiary/aromatic N) is 1. The van der Waals surface area contributed by atoms with Crippen LogP contribution in [0.15, 0.2) is 15.9 Å². The predicted molar refractivity (Wildman–Crippen MR) is 68.3 cm³/mol. The molecular weight excluding hydrogens is 326 g/mol. The van der Waals surface area contributed by atoms with E-state index in [1.807, 2.05) is 6.07 Å². The van der Waals surface area contributed by atoms with Crippen LogP contribution < -0.4 is 0 Å². The number of nitriles is 1. The number of hydrogen-bond donors (Lipinski definition) is 1. The molecule has 0 bridgehead atoms. The van der Waals surface area contributed by atoms with Crippen molar-refractivity contribution in [3.8, 4) is 6.07 Å². The summed E-state index contributed by atoms with van der Waals surface area (Å²) in [5, 5.41) is 21.3. The van der Waals surface area contributed by atoms with E-state index >= 15 is 0 Å². The Morgan fingerprint density at radius 1 is 1.65 bits per heavy atom. The summed E-state index contributed by atoms with van der Waals surface area (Å²) in [6.07, 6.45) is -0.865. The van der Waals surface area contributed by atoms with Gasteiger partial charge < -0.3 is 5.11 Å². The summed E-state index contributed by atoms with van der Waals surface area (Å²) in [4.78, 5) is 0.614. The quantitative estimate of drug-likeness (QED) is 0.894. The van der Waals surface area contributed by atoms with E-state index in [4.69, 9.17) is 0 Å². The summed E-state index contributed by atoms with van der Waals surface area (Å²) in [6, 6.07) is 3.78. The third-order valence-electron chi connectivity index (χ3n) is 2.98. The Bertz CT molecular complexity index is 575. The molecule has 17 heavy (non-hydrogen) atoms. The Balaban J connectivity index is 2.39. The third-order valence-corrected chi connectivity index (χ3v) is 6.68. The lowest BCUT2D eigenvalue weighted by Gasteiger charge is -2.25. The lowest BCUT2D eigenvalue weighted by atomic mass is 9.82. The topological polar surface area (TPSA) is 78.2 Å². The van der Waals surface area contributed by atoms with E-state index in [0.717, 1.165) is 0 Å². The Labute approximate surface area is 112 Å². The average Bonchev–Trinajstić information content (AvgIpc) is 2.82. The van der Waals surface area contributed by atoms with E-state index < -0.39 is 21.4 Å². The monoisotopic (exact) mass is 335 g/mol. The van der Waals surface area contributed by atoms with Crippen LogP contribution in [0.25, 0.3) is 0 Å². The summed E-state index contributed by atoms with van der Waals surface area (Å²) in [6.45, 7) is 0. The Morgan fingerprint density at radius 3 is 2.76 bits per heavy atom. The van der Waals surface area contributed by atoms with E-state index in [2.05, 4.69) is 15.9 Å². The van der Waals surface area contributed by atoms with Gasteiger partial charge in [0.2, 0.25) is 0 Å². The molecule has 0 spiro atoms. The lowest BCUT2D eigenvalue weighted by Crippen LogP contribution is -2.28. The highest BCUT2D eigenvalue weighted by atomic mass is 79.9. The molecule has 0 amide bonds. The molecular formula is C10H10BrNO3S2. The van der Waals surface area contributed by atoms with Gasteiger partial charge in [-0.25, -0.2) is 8.42 Å². The van der Waals surface area contributed by atoms with Crippen LogP contribution in [0.5, 0.6) is 0 Å². The largest absolute Gasteiger partial charge is 0.386 e. The van der Waals surface area contributed by atoms with E-state index in [0.29, 0.717) is 9.35 Å². The van der Waals surface area contributed by atoms with Crippen LogP contribution >= 0.6 is 27.3 Å². The molecule has 7 heteroatoms. The van der Waals surface area contributed by atoms with Crippen molar-refractivity contribution in [3.05, 3.63) is 20.8 Å². The van der Waals surface area contributed by atoms with Gasteiger partial charge in [-0.05, 0) is 33.8 Å². The number of aliphatic hydroxyl groups excluding tert-OH is 1. The van der Waals surface area contributed by atoms with Gasteiger partial charge in [-0.2, -0.15) is 5.26 Å². The maximum Gasteiger partial charge on any atom is 0.152 e. The summed E-state index contributed by atoms with van der Waals surface area (Å²) in [5.41, 5.74) is -1.20. The fourth-order valence-corrected chi connectivity index (χ4v) is 5.65. The molecule has 2 atom stereocenters. The number of halogens is 1. The second-order valence-corrected chi connectivity index (χ2v) is 8.13. The van der Waals surface area contributed by atoms with Gasteiger partial charge in [0.25, 0.3) is 0 Å². The van der Waals surface area contributed by atoms with Gasteiger partial charge in [0.05, 0.1) is 17.6 Å². The van der Waals surface area contributed by atoms with Gasteiger partial charge in [-0.1, -0.05) is 0 Å². The molecule has 0 aromatic carbocycles. The molecule has 0 aliphatic carbocycles. The zero-order valence-corrected chi connectivity index (χ0v) is 12.0. The van der Waals surface area contributed by atoms with Crippen LogP contribution in [0.3, 0.4) is 0 Å². The van der Waals surface area contributed by atoms with Crippen molar-refractivity contribution in [2.75, 3.05) is 11.5 Å². The van der Waals surface area contributed by atoms with Crippen LogP contribution in [0.4, 0.5) is 0 Å². The standard InChI is InChI=1S/C10H10BrNO3S2/c11-7-1-3-16-8(7)9(13)10(5-12)2-4-17(14,15)6-10/h1,3,9,13H,2,4,6H2.